The van der Waals surface area contributed by atoms with Gasteiger partial charge >= 0.3 is 5.90 Å². The molecular weight excluding hydrogens is 258 g/mol. The van der Waals surface area contributed by atoms with Crippen LogP contribution in [-0.4, -0.2) is 23.6 Å². The van der Waals surface area contributed by atoms with Gasteiger partial charge in [0.15, 0.2) is 6.04 Å². The summed E-state index contributed by atoms with van der Waals surface area (Å²) in [6.07, 6.45) is 0.196. The van der Waals surface area contributed by atoms with Gasteiger partial charge in [0.25, 0.3) is 0 Å². The lowest BCUT2D eigenvalue weighted by atomic mass is 9.89. The van der Waals surface area contributed by atoms with E-state index in [4.69, 9.17) is 4.74 Å². The van der Waals surface area contributed by atoms with Crippen LogP contribution in [0.15, 0.2) is 60.7 Å². The molecule has 0 bridgehead atoms. The maximum Gasteiger partial charge on any atom is 0.370 e. The minimum Gasteiger partial charge on any atom is -0.441 e. The van der Waals surface area contributed by atoms with E-state index in [9.17, 15) is 0 Å². The average Bonchev–Trinajstić information content (AvgIpc) is 2.53. The summed E-state index contributed by atoms with van der Waals surface area (Å²) >= 11 is 0. The molecule has 0 fully saturated rings. The van der Waals surface area contributed by atoms with Gasteiger partial charge in [-0.25, -0.2) is 0 Å². The topological polar surface area (TPSA) is 12.2 Å². The molecule has 0 N–H and O–H groups in total. The normalized spacial score (nSPS) is 25.6. The number of nitrogens with zero attached hydrogens (tertiary/aromatic N) is 1. The first-order valence-corrected chi connectivity index (χ1v) is 7.55. The zero-order valence-electron chi connectivity index (χ0n) is 12.9. The first-order valence-electron chi connectivity index (χ1n) is 7.55. The van der Waals surface area contributed by atoms with Crippen LogP contribution in [0, 0.1) is 5.92 Å². The van der Waals surface area contributed by atoms with E-state index >= 15 is 0 Å². The Labute approximate surface area is 126 Å². The van der Waals surface area contributed by atoms with Crippen LogP contribution in [0.2, 0.25) is 0 Å². The van der Waals surface area contributed by atoms with Crippen LogP contribution < -0.4 is 0 Å². The van der Waals surface area contributed by atoms with Gasteiger partial charge in [0.2, 0.25) is 0 Å². The number of ether oxygens (including phenoxy) is 1. The van der Waals surface area contributed by atoms with E-state index in [1.807, 2.05) is 6.07 Å². The summed E-state index contributed by atoms with van der Waals surface area (Å²) in [5.41, 5.74) is 2.48. The van der Waals surface area contributed by atoms with Crippen molar-refractivity contribution in [2.75, 3.05) is 7.05 Å². The van der Waals surface area contributed by atoms with Crippen molar-refractivity contribution < 1.29 is 9.31 Å². The third kappa shape index (κ3) is 2.58. The van der Waals surface area contributed by atoms with Crippen molar-refractivity contribution in [3.63, 3.8) is 0 Å². The largest absolute Gasteiger partial charge is 0.441 e. The van der Waals surface area contributed by atoms with Crippen LogP contribution in [0.4, 0.5) is 0 Å². The van der Waals surface area contributed by atoms with Gasteiger partial charge in [-0.2, -0.15) is 4.58 Å². The molecule has 0 saturated heterocycles. The summed E-state index contributed by atoms with van der Waals surface area (Å²) in [5, 5.41) is 0. The molecular formula is C19H22NO+. The lowest BCUT2D eigenvalue weighted by Gasteiger charge is -2.32. The van der Waals surface area contributed by atoms with Gasteiger partial charge in [-0.1, -0.05) is 55.5 Å². The van der Waals surface area contributed by atoms with Gasteiger partial charge in [0.1, 0.15) is 13.2 Å². The van der Waals surface area contributed by atoms with E-state index in [1.54, 1.807) is 0 Å². The van der Waals surface area contributed by atoms with E-state index in [-0.39, 0.29) is 6.10 Å². The predicted molar refractivity (Wildman–Crippen MR) is 85.6 cm³/mol. The second-order valence-electron chi connectivity index (χ2n) is 5.82. The molecule has 1 aliphatic rings. The smallest absolute Gasteiger partial charge is 0.370 e. The van der Waals surface area contributed by atoms with E-state index in [1.165, 1.54) is 5.56 Å². The lowest BCUT2D eigenvalue weighted by Crippen LogP contribution is -2.41. The highest BCUT2D eigenvalue weighted by atomic mass is 16.5. The van der Waals surface area contributed by atoms with Crippen molar-refractivity contribution >= 4 is 5.90 Å². The summed E-state index contributed by atoms with van der Waals surface area (Å²) in [6.45, 7) is 4.43. The molecule has 3 atom stereocenters. The minimum absolute atomic E-state index is 0.196. The van der Waals surface area contributed by atoms with E-state index < -0.39 is 0 Å². The number of rotatable bonds is 2. The van der Waals surface area contributed by atoms with Crippen LogP contribution in [0.1, 0.15) is 31.0 Å². The molecule has 0 spiro atoms. The Morgan fingerprint density at radius 3 is 2.05 bits per heavy atom. The second-order valence-corrected chi connectivity index (χ2v) is 5.82. The van der Waals surface area contributed by atoms with Gasteiger partial charge < -0.3 is 4.74 Å². The van der Waals surface area contributed by atoms with Gasteiger partial charge in [0, 0.05) is 5.56 Å². The maximum atomic E-state index is 6.19. The number of hydrogen-bond acceptors (Lipinski definition) is 1. The van der Waals surface area contributed by atoms with Crippen molar-refractivity contribution in [1.29, 1.82) is 0 Å². The van der Waals surface area contributed by atoms with Gasteiger partial charge in [-0.3, -0.25) is 0 Å². The standard InChI is InChI=1S/C19H22NO/c1-14-15(2)21-19(17-12-8-5-9-13-17)20(3)18(14)16-10-6-4-7-11-16/h4-15,18H,1-3H3/q+1/t14-,15+,18?/m1/s1. The molecule has 0 aliphatic carbocycles. The molecule has 0 aromatic heterocycles. The van der Waals surface area contributed by atoms with Crippen molar-refractivity contribution in [3.05, 3.63) is 71.8 Å². The Morgan fingerprint density at radius 1 is 0.857 bits per heavy atom. The number of benzene rings is 2. The molecule has 1 heterocycles. The van der Waals surface area contributed by atoms with Gasteiger partial charge in [-0.05, 0) is 19.1 Å². The molecule has 3 rings (SSSR count). The third-order valence-electron chi connectivity index (χ3n) is 4.44. The van der Waals surface area contributed by atoms with E-state index in [2.05, 4.69) is 80.1 Å². The summed E-state index contributed by atoms with van der Waals surface area (Å²) in [7, 11) is 2.13. The van der Waals surface area contributed by atoms with E-state index in [0.717, 1.165) is 11.5 Å². The minimum atomic E-state index is 0.196. The highest BCUT2D eigenvalue weighted by Crippen LogP contribution is 2.33. The van der Waals surface area contributed by atoms with Crippen molar-refractivity contribution in [1.82, 2.24) is 0 Å². The van der Waals surface area contributed by atoms with Crippen LogP contribution in [0.25, 0.3) is 0 Å². The fourth-order valence-corrected chi connectivity index (χ4v) is 3.13. The second kappa shape index (κ2) is 5.72. The molecule has 2 nitrogen and oxygen atoms in total. The molecule has 108 valence electrons. The first-order chi connectivity index (χ1) is 10.2. The number of hydrogen-bond donors (Lipinski definition) is 0. The van der Waals surface area contributed by atoms with Crippen molar-refractivity contribution in [2.24, 2.45) is 5.92 Å². The SMILES string of the molecule is C[C@@H]1OC(c2ccccc2)=[N+](C)C(c2ccccc2)[C@@H]1C. The molecule has 2 heteroatoms. The van der Waals surface area contributed by atoms with Crippen LogP contribution in [0.5, 0.6) is 0 Å². The third-order valence-corrected chi connectivity index (χ3v) is 4.44. The van der Waals surface area contributed by atoms with Crippen LogP contribution in [-0.2, 0) is 4.74 Å². The zero-order chi connectivity index (χ0) is 14.8. The fraction of sp³-hybridized carbons (Fsp3) is 0.316. The fourth-order valence-electron chi connectivity index (χ4n) is 3.13. The molecule has 2 aromatic rings. The monoisotopic (exact) mass is 280 g/mol. The molecule has 0 amide bonds. The summed E-state index contributed by atoms with van der Waals surface area (Å²) in [5.74, 6) is 1.40. The Hall–Kier alpha value is -2.09. The summed E-state index contributed by atoms with van der Waals surface area (Å²) in [4.78, 5) is 0. The van der Waals surface area contributed by atoms with Gasteiger partial charge in [-0.15, -0.1) is 0 Å². The molecule has 1 aliphatic heterocycles. The Kier molecular flexibility index (Phi) is 3.78. The van der Waals surface area contributed by atoms with Crippen LogP contribution >= 0.6 is 0 Å². The van der Waals surface area contributed by atoms with Gasteiger partial charge in [0.05, 0.1) is 11.5 Å². The maximum absolute atomic E-state index is 6.19. The lowest BCUT2D eigenvalue weighted by molar-refractivity contribution is -0.574. The van der Waals surface area contributed by atoms with Crippen molar-refractivity contribution in [2.45, 2.75) is 26.0 Å². The Bertz CT molecular complexity index is 633. The molecule has 2 aromatic carbocycles. The Morgan fingerprint density at radius 2 is 1.43 bits per heavy atom. The van der Waals surface area contributed by atoms with Crippen LogP contribution in [0.3, 0.4) is 0 Å². The Balaban J connectivity index is 2.09. The highest BCUT2D eigenvalue weighted by Gasteiger charge is 2.40. The summed E-state index contributed by atoms with van der Waals surface area (Å²) in [6, 6.07) is 21.4. The molecule has 1 unspecified atom stereocenters. The summed E-state index contributed by atoms with van der Waals surface area (Å²) < 4.78 is 8.46. The highest BCUT2D eigenvalue weighted by molar-refractivity contribution is 5.90. The molecule has 0 saturated carbocycles. The predicted octanol–water partition coefficient (Wildman–Crippen LogP) is 3.87. The van der Waals surface area contributed by atoms with Crippen molar-refractivity contribution in [3.8, 4) is 0 Å². The zero-order valence-corrected chi connectivity index (χ0v) is 12.9. The quantitative estimate of drug-likeness (QED) is 0.761. The first kappa shape index (κ1) is 13.9. The molecule has 21 heavy (non-hydrogen) atoms. The molecule has 0 radical (unpaired) electrons. The van der Waals surface area contributed by atoms with E-state index in [0.29, 0.717) is 12.0 Å². The average molecular weight is 280 g/mol.